The second-order valence-corrected chi connectivity index (χ2v) is 5.36. The average Bonchev–Trinajstić information content (AvgIpc) is 2.40. The second kappa shape index (κ2) is 6.15. The van der Waals surface area contributed by atoms with Crippen molar-refractivity contribution in [3.05, 3.63) is 30.1 Å². The number of aromatic nitrogens is 1. The van der Waals surface area contributed by atoms with Gasteiger partial charge in [0.05, 0.1) is 0 Å². The number of rotatable bonds is 4. The first-order valence-electron chi connectivity index (χ1n) is 6.93. The molecule has 1 aromatic rings. The van der Waals surface area contributed by atoms with Crippen LogP contribution in [-0.4, -0.2) is 11.0 Å². The van der Waals surface area contributed by atoms with Gasteiger partial charge < -0.3 is 5.32 Å². The molecule has 1 aliphatic rings. The lowest BCUT2D eigenvalue weighted by Gasteiger charge is -2.30. The van der Waals surface area contributed by atoms with Gasteiger partial charge in [-0.1, -0.05) is 19.3 Å². The molecule has 1 N–H and O–H groups in total. The van der Waals surface area contributed by atoms with Gasteiger partial charge >= 0.3 is 0 Å². The van der Waals surface area contributed by atoms with E-state index in [1.807, 2.05) is 12.4 Å². The van der Waals surface area contributed by atoms with Crippen molar-refractivity contribution in [3.63, 3.8) is 0 Å². The molecule has 1 saturated carbocycles. The fourth-order valence-electron chi connectivity index (χ4n) is 2.91. The first kappa shape index (κ1) is 12.6. The van der Waals surface area contributed by atoms with Crippen molar-refractivity contribution in [2.45, 2.75) is 58.0 Å². The van der Waals surface area contributed by atoms with E-state index in [2.05, 4.69) is 36.3 Å². The Morgan fingerprint density at radius 3 is 2.41 bits per heavy atom. The summed E-state index contributed by atoms with van der Waals surface area (Å²) in [5.41, 5.74) is 1.34. The maximum atomic E-state index is 4.07. The summed E-state index contributed by atoms with van der Waals surface area (Å²) in [7, 11) is 0. The number of nitrogens with zero attached hydrogens (tertiary/aromatic N) is 1. The van der Waals surface area contributed by atoms with E-state index in [0.717, 1.165) is 5.92 Å². The summed E-state index contributed by atoms with van der Waals surface area (Å²) >= 11 is 0. The van der Waals surface area contributed by atoms with Crippen LogP contribution in [0.15, 0.2) is 24.5 Å². The Labute approximate surface area is 105 Å². The van der Waals surface area contributed by atoms with Crippen LogP contribution in [0.25, 0.3) is 0 Å². The molecular formula is C15H24N2. The van der Waals surface area contributed by atoms with Gasteiger partial charge in [-0.15, -0.1) is 0 Å². The Morgan fingerprint density at radius 1 is 1.12 bits per heavy atom. The van der Waals surface area contributed by atoms with Crippen molar-refractivity contribution in [2.24, 2.45) is 5.92 Å². The smallest absolute Gasteiger partial charge is 0.0295 e. The molecule has 0 aliphatic heterocycles. The van der Waals surface area contributed by atoms with Crippen molar-refractivity contribution in [1.82, 2.24) is 10.3 Å². The van der Waals surface area contributed by atoms with Crippen LogP contribution in [0.3, 0.4) is 0 Å². The Balaban J connectivity index is 1.87. The molecule has 0 radical (unpaired) electrons. The van der Waals surface area contributed by atoms with Crippen LogP contribution in [0.2, 0.25) is 0 Å². The van der Waals surface area contributed by atoms with Gasteiger partial charge in [-0.2, -0.15) is 0 Å². The van der Waals surface area contributed by atoms with Gasteiger partial charge in [-0.3, -0.25) is 4.98 Å². The van der Waals surface area contributed by atoms with Crippen LogP contribution in [-0.2, 0) is 0 Å². The minimum Gasteiger partial charge on any atom is -0.307 e. The lowest BCUT2D eigenvalue weighted by molar-refractivity contribution is 0.268. The summed E-state index contributed by atoms with van der Waals surface area (Å²) in [5, 5.41) is 3.74. The molecule has 1 heterocycles. The molecule has 2 nitrogen and oxygen atoms in total. The summed E-state index contributed by atoms with van der Waals surface area (Å²) in [6.45, 7) is 4.59. The summed E-state index contributed by atoms with van der Waals surface area (Å²) in [6, 6.07) is 5.25. The summed E-state index contributed by atoms with van der Waals surface area (Å²) in [6.07, 6.45) is 10.8. The van der Waals surface area contributed by atoms with Gasteiger partial charge in [0.15, 0.2) is 0 Å². The quantitative estimate of drug-likeness (QED) is 0.856. The highest BCUT2D eigenvalue weighted by atomic mass is 14.9. The van der Waals surface area contributed by atoms with E-state index >= 15 is 0 Å². The van der Waals surface area contributed by atoms with E-state index in [9.17, 15) is 0 Å². The Kier molecular flexibility index (Phi) is 4.55. The van der Waals surface area contributed by atoms with E-state index in [4.69, 9.17) is 0 Å². The second-order valence-electron chi connectivity index (χ2n) is 5.36. The maximum Gasteiger partial charge on any atom is 0.0295 e. The highest BCUT2D eigenvalue weighted by molar-refractivity contribution is 5.14. The van der Waals surface area contributed by atoms with Crippen LogP contribution in [0, 0.1) is 5.92 Å². The molecule has 0 aromatic carbocycles. The van der Waals surface area contributed by atoms with Gasteiger partial charge in [0.2, 0.25) is 0 Å². The Morgan fingerprint density at radius 2 is 1.76 bits per heavy atom. The first-order chi connectivity index (χ1) is 8.27. The summed E-state index contributed by atoms with van der Waals surface area (Å²) in [5.74, 6) is 0.869. The molecule has 1 unspecified atom stereocenters. The molecule has 2 rings (SSSR count). The lowest BCUT2D eigenvalue weighted by atomic mass is 9.84. The molecule has 1 aromatic heterocycles. The number of nitrogens with one attached hydrogen (secondary N) is 1. The van der Waals surface area contributed by atoms with E-state index < -0.39 is 0 Å². The van der Waals surface area contributed by atoms with Gasteiger partial charge in [0.25, 0.3) is 0 Å². The Bertz CT molecular complexity index is 317. The Hall–Kier alpha value is -0.890. The van der Waals surface area contributed by atoms with Crippen LogP contribution in [0.1, 0.15) is 57.6 Å². The van der Waals surface area contributed by atoms with Crippen LogP contribution < -0.4 is 5.32 Å². The molecule has 0 spiro atoms. The predicted octanol–water partition coefficient (Wildman–Crippen LogP) is 3.70. The largest absolute Gasteiger partial charge is 0.307 e. The van der Waals surface area contributed by atoms with Crippen molar-refractivity contribution >= 4 is 0 Å². The van der Waals surface area contributed by atoms with Crippen LogP contribution in [0.4, 0.5) is 0 Å². The highest BCUT2D eigenvalue weighted by Gasteiger charge is 2.21. The number of hydrogen-bond donors (Lipinski definition) is 1. The van der Waals surface area contributed by atoms with Gasteiger partial charge in [-0.25, -0.2) is 0 Å². The fourth-order valence-corrected chi connectivity index (χ4v) is 2.91. The van der Waals surface area contributed by atoms with E-state index in [1.54, 1.807) is 0 Å². The number of hydrogen-bond acceptors (Lipinski definition) is 2. The van der Waals surface area contributed by atoms with Crippen LogP contribution >= 0.6 is 0 Å². The molecule has 0 saturated heterocycles. The molecule has 17 heavy (non-hydrogen) atoms. The van der Waals surface area contributed by atoms with Crippen molar-refractivity contribution in [1.29, 1.82) is 0 Å². The monoisotopic (exact) mass is 232 g/mol. The van der Waals surface area contributed by atoms with Crippen molar-refractivity contribution in [2.75, 3.05) is 0 Å². The molecule has 94 valence electrons. The lowest BCUT2D eigenvalue weighted by Crippen LogP contribution is -2.36. The van der Waals surface area contributed by atoms with Gasteiger partial charge in [0, 0.05) is 24.5 Å². The zero-order chi connectivity index (χ0) is 12.1. The van der Waals surface area contributed by atoms with E-state index in [0.29, 0.717) is 12.1 Å². The van der Waals surface area contributed by atoms with Gasteiger partial charge in [0.1, 0.15) is 0 Å². The molecule has 2 atom stereocenters. The summed E-state index contributed by atoms with van der Waals surface area (Å²) in [4.78, 5) is 4.07. The molecule has 0 bridgehead atoms. The molecule has 1 fully saturated rings. The molecule has 1 aliphatic carbocycles. The number of pyridine rings is 1. The SMILES string of the molecule is CC(N[C@@H](C)c1ccncc1)C1CCCCC1. The summed E-state index contributed by atoms with van der Waals surface area (Å²) < 4.78 is 0. The zero-order valence-corrected chi connectivity index (χ0v) is 11.0. The standard InChI is InChI=1S/C15H24N2/c1-12(14-6-4-3-5-7-14)17-13(2)15-8-10-16-11-9-15/h8-14,17H,3-7H2,1-2H3/t12?,13-/m0/s1. The average molecular weight is 232 g/mol. The normalized spacial score (nSPS) is 21.1. The minimum absolute atomic E-state index is 0.426. The molecule has 0 amide bonds. The molecule has 2 heteroatoms. The fraction of sp³-hybridized carbons (Fsp3) is 0.667. The predicted molar refractivity (Wildman–Crippen MR) is 71.8 cm³/mol. The van der Waals surface area contributed by atoms with Crippen molar-refractivity contribution in [3.8, 4) is 0 Å². The minimum atomic E-state index is 0.426. The first-order valence-corrected chi connectivity index (χ1v) is 6.93. The third kappa shape index (κ3) is 3.53. The topological polar surface area (TPSA) is 24.9 Å². The van der Waals surface area contributed by atoms with E-state index in [-0.39, 0.29) is 0 Å². The zero-order valence-electron chi connectivity index (χ0n) is 11.0. The third-order valence-electron chi connectivity index (χ3n) is 4.08. The van der Waals surface area contributed by atoms with Gasteiger partial charge in [-0.05, 0) is 50.3 Å². The van der Waals surface area contributed by atoms with E-state index in [1.165, 1.54) is 37.7 Å². The van der Waals surface area contributed by atoms with Crippen LogP contribution in [0.5, 0.6) is 0 Å². The molecular weight excluding hydrogens is 208 g/mol. The van der Waals surface area contributed by atoms with Crippen molar-refractivity contribution < 1.29 is 0 Å². The third-order valence-corrected chi connectivity index (χ3v) is 4.08. The highest BCUT2D eigenvalue weighted by Crippen LogP contribution is 2.27. The maximum absolute atomic E-state index is 4.07.